The number of aryl methyl sites for hydroxylation is 1. The van der Waals surface area contributed by atoms with Crippen LogP contribution in [-0.4, -0.2) is 78.1 Å². The van der Waals surface area contributed by atoms with Gasteiger partial charge >= 0.3 is 0 Å². The zero-order chi connectivity index (χ0) is 28.6. The first-order valence-corrected chi connectivity index (χ1v) is 13.6. The van der Waals surface area contributed by atoms with Crippen LogP contribution in [0.25, 0.3) is 0 Å². The van der Waals surface area contributed by atoms with Gasteiger partial charge in [0.1, 0.15) is 0 Å². The number of hydrogen-bond donors (Lipinski definition) is 5. The monoisotopic (exact) mass is 551 g/mol. The highest BCUT2D eigenvalue weighted by molar-refractivity contribution is 5.94. The third-order valence-electron chi connectivity index (χ3n) is 5.99. The van der Waals surface area contributed by atoms with Crippen LogP contribution in [-0.2, 0) is 16.0 Å². The first kappa shape index (κ1) is 30.7. The van der Waals surface area contributed by atoms with E-state index in [1.807, 2.05) is 32.0 Å². The number of anilines is 3. The summed E-state index contributed by atoms with van der Waals surface area (Å²) in [4.78, 5) is 25.4. The van der Waals surface area contributed by atoms with Crippen molar-refractivity contribution in [1.82, 2.24) is 20.3 Å². The van der Waals surface area contributed by atoms with Crippen molar-refractivity contribution in [1.29, 1.82) is 0 Å². The molecule has 3 rings (SSSR count). The third kappa shape index (κ3) is 11.1. The van der Waals surface area contributed by atoms with E-state index in [4.69, 9.17) is 9.47 Å². The molecule has 0 unspecified atom stereocenters. The predicted octanol–water partition coefficient (Wildman–Crippen LogP) is 3.10. The lowest BCUT2D eigenvalue weighted by Crippen LogP contribution is -2.30. The number of benzene rings is 2. The quantitative estimate of drug-likeness (QED) is 0.150. The van der Waals surface area contributed by atoms with E-state index in [0.717, 1.165) is 5.56 Å². The van der Waals surface area contributed by atoms with Crippen LogP contribution < -0.4 is 21.3 Å². The van der Waals surface area contributed by atoms with Crippen molar-refractivity contribution in [3.63, 3.8) is 0 Å². The van der Waals surface area contributed by atoms with E-state index in [0.29, 0.717) is 69.5 Å². The number of aliphatic hydroxyl groups is 1. The second-order valence-electron chi connectivity index (χ2n) is 9.60. The molecule has 0 saturated carbocycles. The Morgan fingerprint density at radius 3 is 2.10 bits per heavy atom. The van der Waals surface area contributed by atoms with E-state index >= 15 is 0 Å². The Balaban J connectivity index is 1.39. The maximum atomic E-state index is 12.0. The van der Waals surface area contributed by atoms with Crippen LogP contribution >= 0.6 is 0 Å². The number of aromatic nitrogens is 3. The Labute approximate surface area is 236 Å². The Morgan fingerprint density at radius 1 is 0.825 bits per heavy atom. The normalized spacial score (nSPS) is 11.7. The van der Waals surface area contributed by atoms with Crippen LogP contribution in [0.1, 0.15) is 35.3 Å². The molecule has 0 saturated heterocycles. The van der Waals surface area contributed by atoms with Crippen LogP contribution in [0.2, 0.25) is 0 Å². The summed E-state index contributed by atoms with van der Waals surface area (Å²) in [6, 6.07) is 17.1. The molecule has 3 aromatic rings. The number of carbonyl (C=O) groups excluding carboxylic acids is 1. The lowest BCUT2D eigenvalue weighted by Gasteiger charge is -2.20. The molecule has 40 heavy (non-hydrogen) atoms. The summed E-state index contributed by atoms with van der Waals surface area (Å²) in [7, 11) is 0. The van der Waals surface area contributed by atoms with Gasteiger partial charge in [-0.1, -0.05) is 61.9 Å². The minimum atomic E-state index is -0.185. The summed E-state index contributed by atoms with van der Waals surface area (Å²) < 4.78 is 11.2. The van der Waals surface area contributed by atoms with E-state index in [-0.39, 0.29) is 24.5 Å². The van der Waals surface area contributed by atoms with Gasteiger partial charge in [0, 0.05) is 25.2 Å². The van der Waals surface area contributed by atoms with E-state index < -0.39 is 0 Å². The average molecular weight is 552 g/mol. The minimum absolute atomic E-state index is 0.0342. The average Bonchev–Trinajstić information content (AvgIpc) is 2.96. The van der Waals surface area contributed by atoms with Crippen LogP contribution in [0.15, 0.2) is 54.6 Å². The van der Waals surface area contributed by atoms with Gasteiger partial charge in [0.25, 0.3) is 5.91 Å². The second-order valence-corrected chi connectivity index (χ2v) is 9.60. The van der Waals surface area contributed by atoms with Gasteiger partial charge in [-0.25, -0.2) is 0 Å². The fourth-order valence-electron chi connectivity index (χ4n) is 3.56. The highest BCUT2D eigenvalue weighted by Gasteiger charge is 2.15. The van der Waals surface area contributed by atoms with Gasteiger partial charge in [0.15, 0.2) is 0 Å². The number of ether oxygens (including phenoxy) is 2. The van der Waals surface area contributed by atoms with Crippen molar-refractivity contribution < 1.29 is 19.4 Å². The molecule has 1 heterocycles. The summed E-state index contributed by atoms with van der Waals surface area (Å²) in [5.41, 5.74) is 2.94. The topological polar surface area (TPSA) is 143 Å². The number of nitrogens with zero attached hydrogens (tertiary/aromatic N) is 3. The highest BCUT2D eigenvalue weighted by Crippen LogP contribution is 2.14. The largest absolute Gasteiger partial charge is 0.394 e. The molecule has 0 bridgehead atoms. The van der Waals surface area contributed by atoms with Crippen LogP contribution in [0.3, 0.4) is 0 Å². The number of nitrogens with one attached hydrogen (secondary N) is 4. The second kappa shape index (κ2) is 17.0. The van der Waals surface area contributed by atoms with Crippen LogP contribution in [0.5, 0.6) is 0 Å². The zero-order valence-electron chi connectivity index (χ0n) is 23.5. The Kier molecular flexibility index (Phi) is 13.1. The molecule has 1 amide bonds. The first-order valence-electron chi connectivity index (χ1n) is 13.6. The van der Waals surface area contributed by atoms with E-state index in [2.05, 4.69) is 67.4 Å². The Bertz CT molecular complexity index is 1150. The maximum absolute atomic E-state index is 12.0. The predicted molar refractivity (Wildman–Crippen MR) is 157 cm³/mol. The molecular weight excluding hydrogens is 510 g/mol. The molecule has 0 aliphatic carbocycles. The number of carbonyl (C=O) groups is 1. The number of hydrogen-bond acceptors (Lipinski definition) is 10. The van der Waals surface area contributed by atoms with Gasteiger partial charge < -0.3 is 35.8 Å². The zero-order valence-corrected chi connectivity index (χ0v) is 23.5. The fraction of sp³-hybridized carbons (Fsp3) is 0.448. The molecule has 1 aromatic heterocycles. The highest BCUT2D eigenvalue weighted by atomic mass is 16.5. The van der Waals surface area contributed by atoms with E-state index in [9.17, 15) is 9.90 Å². The van der Waals surface area contributed by atoms with Crippen molar-refractivity contribution in [3.05, 3.63) is 71.3 Å². The minimum Gasteiger partial charge on any atom is -0.394 e. The molecule has 0 aliphatic heterocycles. The summed E-state index contributed by atoms with van der Waals surface area (Å²) in [5, 5.41) is 22.2. The molecule has 216 valence electrons. The molecule has 0 radical (unpaired) electrons. The molecule has 11 nitrogen and oxygen atoms in total. The van der Waals surface area contributed by atoms with Crippen molar-refractivity contribution in [3.8, 4) is 0 Å². The Morgan fingerprint density at radius 2 is 1.45 bits per heavy atom. The summed E-state index contributed by atoms with van der Waals surface area (Å²) >= 11 is 0. The van der Waals surface area contributed by atoms with Gasteiger partial charge in [-0.3, -0.25) is 4.79 Å². The van der Waals surface area contributed by atoms with Gasteiger partial charge in [-0.2, -0.15) is 15.0 Å². The number of rotatable bonds is 18. The molecule has 11 heteroatoms. The van der Waals surface area contributed by atoms with Gasteiger partial charge in [-0.05, 0) is 30.5 Å². The summed E-state index contributed by atoms with van der Waals surface area (Å²) in [6.07, 6.45) is 0. The first-order chi connectivity index (χ1) is 19.4. The van der Waals surface area contributed by atoms with Crippen molar-refractivity contribution in [2.24, 2.45) is 5.92 Å². The lowest BCUT2D eigenvalue weighted by atomic mass is 10.1. The molecule has 1 atom stereocenters. The molecule has 5 N–H and O–H groups in total. The molecule has 2 aromatic carbocycles. The van der Waals surface area contributed by atoms with Crippen molar-refractivity contribution in [2.45, 2.75) is 33.4 Å². The van der Waals surface area contributed by atoms with Crippen LogP contribution in [0.4, 0.5) is 17.8 Å². The standard InChI is InChI=1S/C29H41N7O4/c1-21(2)25(20-37)33-29-35-27(34-28(36-29)32-19-23-11-9-22(3)10-12-23)31-14-16-40-18-17-39-15-13-30-26(38)24-7-5-4-6-8-24/h4-12,21,25,37H,13-20H2,1-3H3,(H,30,38)(H3,31,32,33,34,35,36)/t25-/m0/s1. The summed E-state index contributed by atoms with van der Waals surface area (Å²) in [5.74, 6) is 1.28. The van der Waals surface area contributed by atoms with E-state index in [1.165, 1.54) is 5.56 Å². The Hall–Kier alpha value is -3.80. The van der Waals surface area contributed by atoms with Gasteiger partial charge in [-0.15, -0.1) is 0 Å². The molecular formula is C29H41N7O4. The number of amides is 1. The molecule has 0 fully saturated rings. The fourth-order valence-corrected chi connectivity index (χ4v) is 3.56. The molecule has 0 spiro atoms. The van der Waals surface area contributed by atoms with Crippen molar-refractivity contribution >= 4 is 23.8 Å². The SMILES string of the molecule is Cc1ccc(CNc2nc(NCCOCCOCCNC(=O)c3ccccc3)nc(N[C@@H](CO)C(C)C)n2)cc1. The van der Waals surface area contributed by atoms with Crippen LogP contribution in [0, 0.1) is 12.8 Å². The maximum Gasteiger partial charge on any atom is 0.251 e. The van der Waals surface area contributed by atoms with E-state index in [1.54, 1.807) is 12.1 Å². The summed E-state index contributed by atoms with van der Waals surface area (Å²) in [6.45, 7) is 9.23. The van der Waals surface area contributed by atoms with Gasteiger partial charge in [0.05, 0.1) is 39.1 Å². The number of aliphatic hydroxyl groups excluding tert-OH is 1. The lowest BCUT2D eigenvalue weighted by molar-refractivity contribution is 0.0519. The third-order valence-corrected chi connectivity index (χ3v) is 5.99. The van der Waals surface area contributed by atoms with Gasteiger partial charge in [0.2, 0.25) is 17.8 Å². The van der Waals surface area contributed by atoms with Crippen molar-refractivity contribution in [2.75, 3.05) is 62.1 Å². The molecule has 0 aliphatic rings. The smallest absolute Gasteiger partial charge is 0.251 e.